The van der Waals surface area contributed by atoms with E-state index in [0.29, 0.717) is 25.9 Å². The normalized spacial score (nSPS) is 25.3. The summed E-state index contributed by atoms with van der Waals surface area (Å²) in [4.78, 5) is 40.5. The van der Waals surface area contributed by atoms with Gasteiger partial charge >= 0.3 is 0 Å². The molecule has 3 aliphatic rings. The van der Waals surface area contributed by atoms with Crippen LogP contribution in [0.15, 0.2) is 48.6 Å². The standard InChI is InChI=1S/C21H22N2O3/c24-19(14-23-20(25)17-8-4-5-9-18(17)21(23)26)22-12-10-16(11-13-22)15-6-2-1-3-7-15/h1-7,10,17-18H,8-9,11-14H2/t17-,18+. The number of likely N-dealkylation sites (tertiary alicyclic amines) is 1. The minimum absolute atomic E-state index is 0.126. The number of carbonyl (C=O) groups is 3. The quantitative estimate of drug-likeness (QED) is 0.621. The van der Waals surface area contributed by atoms with Crippen molar-refractivity contribution in [2.75, 3.05) is 19.6 Å². The molecule has 0 unspecified atom stereocenters. The van der Waals surface area contributed by atoms with Gasteiger partial charge in [0.25, 0.3) is 0 Å². The molecule has 1 saturated heterocycles. The lowest BCUT2D eigenvalue weighted by Gasteiger charge is -2.28. The summed E-state index contributed by atoms with van der Waals surface area (Å²) in [5, 5.41) is 0. The fourth-order valence-electron chi connectivity index (χ4n) is 4.07. The molecule has 0 radical (unpaired) electrons. The second kappa shape index (κ2) is 6.90. The van der Waals surface area contributed by atoms with Crippen LogP contribution in [0, 0.1) is 11.8 Å². The fraction of sp³-hybridized carbons (Fsp3) is 0.381. The zero-order valence-electron chi connectivity index (χ0n) is 14.6. The number of benzene rings is 1. The van der Waals surface area contributed by atoms with Gasteiger partial charge in [0.2, 0.25) is 17.7 Å². The fourth-order valence-corrected chi connectivity index (χ4v) is 4.07. The molecule has 3 amide bonds. The summed E-state index contributed by atoms with van der Waals surface area (Å²) < 4.78 is 0. The zero-order chi connectivity index (χ0) is 18.1. The van der Waals surface area contributed by atoms with Gasteiger partial charge in [0.1, 0.15) is 6.54 Å². The van der Waals surface area contributed by atoms with E-state index in [9.17, 15) is 14.4 Å². The minimum atomic E-state index is -0.272. The number of allylic oxidation sites excluding steroid dienone is 2. The van der Waals surface area contributed by atoms with Crippen molar-refractivity contribution in [3.63, 3.8) is 0 Å². The lowest BCUT2D eigenvalue weighted by molar-refractivity contribution is -0.146. The first-order chi connectivity index (χ1) is 12.6. The maximum absolute atomic E-state index is 12.6. The molecule has 5 nitrogen and oxygen atoms in total. The Morgan fingerprint density at radius 3 is 2.23 bits per heavy atom. The molecule has 0 saturated carbocycles. The Bertz CT molecular complexity index is 771. The van der Waals surface area contributed by atoms with Gasteiger partial charge in [-0.15, -0.1) is 0 Å². The third-order valence-corrected chi connectivity index (χ3v) is 5.60. The van der Waals surface area contributed by atoms with E-state index in [2.05, 4.69) is 18.2 Å². The third-order valence-electron chi connectivity index (χ3n) is 5.60. The van der Waals surface area contributed by atoms with Gasteiger partial charge in [-0.25, -0.2) is 0 Å². The van der Waals surface area contributed by atoms with Gasteiger partial charge < -0.3 is 4.90 Å². The van der Waals surface area contributed by atoms with Gasteiger partial charge in [0, 0.05) is 13.1 Å². The van der Waals surface area contributed by atoms with E-state index in [4.69, 9.17) is 0 Å². The van der Waals surface area contributed by atoms with Gasteiger partial charge in [-0.05, 0) is 30.4 Å². The average Bonchev–Trinajstić information content (AvgIpc) is 2.94. The van der Waals surface area contributed by atoms with Gasteiger partial charge in [-0.2, -0.15) is 0 Å². The minimum Gasteiger partial charge on any atom is -0.337 e. The van der Waals surface area contributed by atoms with Gasteiger partial charge in [-0.3, -0.25) is 19.3 Å². The summed E-state index contributed by atoms with van der Waals surface area (Å²) in [6.45, 7) is 1.01. The lowest BCUT2D eigenvalue weighted by Crippen LogP contribution is -2.44. The van der Waals surface area contributed by atoms with Crippen LogP contribution in [-0.2, 0) is 14.4 Å². The van der Waals surface area contributed by atoms with Crippen LogP contribution in [0.1, 0.15) is 24.8 Å². The summed E-state index contributed by atoms with van der Waals surface area (Å²) in [7, 11) is 0. The molecule has 5 heteroatoms. The molecule has 0 N–H and O–H groups in total. The van der Waals surface area contributed by atoms with Crippen molar-refractivity contribution in [3.05, 3.63) is 54.1 Å². The van der Waals surface area contributed by atoms with E-state index in [1.807, 2.05) is 30.4 Å². The van der Waals surface area contributed by atoms with E-state index in [0.717, 1.165) is 6.42 Å². The molecule has 1 aromatic carbocycles. The van der Waals surface area contributed by atoms with E-state index < -0.39 is 0 Å². The number of hydrogen-bond acceptors (Lipinski definition) is 3. The van der Waals surface area contributed by atoms with Crippen molar-refractivity contribution < 1.29 is 14.4 Å². The van der Waals surface area contributed by atoms with Crippen LogP contribution in [0.25, 0.3) is 5.57 Å². The summed E-state index contributed by atoms with van der Waals surface area (Å²) in [5.41, 5.74) is 2.42. The molecular formula is C21H22N2O3. The maximum atomic E-state index is 12.6. The van der Waals surface area contributed by atoms with Crippen LogP contribution in [0.3, 0.4) is 0 Å². The number of amides is 3. The monoisotopic (exact) mass is 350 g/mol. The van der Waals surface area contributed by atoms with Crippen LogP contribution < -0.4 is 0 Å². The smallest absolute Gasteiger partial charge is 0.243 e. The summed E-state index contributed by atoms with van der Waals surface area (Å²) in [5.74, 6) is -1.07. The first-order valence-electron chi connectivity index (χ1n) is 9.17. The van der Waals surface area contributed by atoms with Gasteiger partial charge in [0.05, 0.1) is 11.8 Å². The summed E-state index contributed by atoms with van der Waals surface area (Å²) >= 11 is 0. The molecule has 1 aromatic rings. The molecule has 2 aliphatic heterocycles. The Hall–Kier alpha value is -2.69. The molecule has 134 valence electrons. The SMILES string of the molecule is O=C(CN1C(=O)[C@H]2CC=CC[C@H]2C1=O)N1CC=C(c2ccccc2)CC1. The maximum Gasteiger partial charge on any atom is 0.243 e. The van der Waals surface area contributed by atoms with E-state index in [1.54, 1.807) is 4.90 Å². The lowest BCUT2D eigenvalue weighted by atomic mass is 9.85. The largest absolute Gasteiger partial charge is 0.337 e. The third kappa shape index (κ3) is 2.98. The van der Waals surface area contributed by atoms with E-state index in [1.165, 1.54) is 16.0 Å². The Kier molecular flexibility index (Phi) is 4.45. The highest BCUT2D eigenvalue weighted by atomic mass is 16.2. The molecule has 2 atom stereocenters. The molecule has 0 aromatic heterocycles. The molecule has 4 rings (SSSR count). The predicted molar refractivity (Wildman–Crippen MR) is 97.7 cm³/mol. The van der Waals surface area contributed by atoms with Crippen molar-refractivity contribution in [2.45, 2.75) is 19.3 Å². The second-order valence-corrected chi connectivity index (χ2v) is 7.10. The van der Waals surface area contributed by atoms with Crippen LogP contribution in [0.2, 0.25) is 0 Å². The number of hydrogen-bond donors (Lipinski definition) is 0. The highest BCUT2D eigenvalue weighted by Crippen LogP contribution is 2.35. The average molecular weight is 350 g/mol. The van der Waals surface area contributed by atoms with Crippen molar-refractivity contribution in [1.29, 1.82) is 0 Å². The second-order valence-electron chi connectivity index (χ2n) is 7.10. The van der Waals surface area contributed by atoms with Crippen molar-refractivity contribution in [1.82, 2.24) is 9.80 Å². The van der Waals surface area contributed by atoms with Gasteiger partial charge in [0.15, 0.2) is 0 Å². The number of imide groups is 1. The zero-order valence-corrected chi connectivity index (χ0v) is 14.6. The van der Waals surface area contributed by atoms with Crippen LogP contribution in [0.4, 0.5) is 0 Å². The molecular weight excluding hydrogens is 328 g/mol. The Morgan fingerprint density at radius 1 is 1.00 bits per heavy atom. The number of nitrogens with zero attached hydrogens (tertiary/aromatic N) is 2. The molecule has 0 bridgehead atoms. The Morgan fingerprint density at radius 2 is 1.65 bits per heavy atom. The van der Waals surface area contributed by atoms with E-state index in [-0.39, 0.29) is 36.1 Å². The van der Waals surface area contributed by atoms with Gasteiger partial charge in [-0.1, -0.05) is 48.6 Å². The van der Waals surface area contributed by atoms with Crippen molar-refractivity contribution >= 4 is 23.3 Å². The highest BCUT2D eigenvalue weighted by molar-refractivity contribution is 6.07. The summed E-state index contributed by atoms with van der Waals surface area (Å²) in [6, 6.07) is 10.1. The number of rotatable bonds is 3. The number of fused-ring (bicyclic) bond motifs is 1. The first kappa shape index (κ1) is 16.8. The first-order valence-corrected chi connectivity index (χ1v) is 9.17. The molecule has 2 heterocycles. The van der Waals surface area contributed by atoms with Crippen molar-refractivity contribution in [3.8, 4) is 0 Å². The summed E-state index contributed by atoms with van der Waals surface area (Å²) in [6.07, 6.45) is 7.97. The highest BCUT2D eigenvalue weighted by Gasteiger charge is 2.47. The Balaban J connectivity index is 1.40. The van der Waals surface area contributed by atoms with Crippen LogP contribution >= 0.6 is 0 Å². The predicted octanol–water partition coefficient (Wildman–Crippen LogP) is 2.25. The molecule has 0 spiro atoms. The number of carbonyl (C=O) groups excluding carboxylic acids is 3. The molecule has 26 heavy (non-hydrogen) atoms. The molecule has 1 aliphatic carbocycles. The van der Waals surface area contributed by atoms with E-state index >= 15 is 0 Å². The topological polar surface area (TPSA) is 57.7 Å². The van der Waals surface area contributed by atoms with Crippen molar-refractivity contribution in [2.24, 2.45) is 11.8 Å². The molecule has 1 fully saturated rings. The Labute approximate surface area is 153 Å². The van der Waals surface area contributed by atoms with Crippen LogP contribution in [-0.4, -0.2) is 47.2 Å². The van der Waals surface area contributed by atoms with Crippen LogP contribution in [0.5, 0.6) is 0 Å².